The van der Waals surface area contributed by atoms with E-state index >= 15 is 0 Å². The van der Waals surface area contributed by atoms with E-state index in [0.29, 0.717) is 23.8 Å². The van der Waals surface area contributed by atoms with E-state index in [-0.39, 0.29) is 5.91 Å². The number of thiazole rings is 1. The fourth-order valence-electron chi connectivity index (χ4n) is 3.12. The van der Waals surface area contributed by atoms with Crippen molar-refractivity contribution in [3.63, 3.8) is 0 Å². The summed E-state index contributed by atoms with van der Waals surface area (Å²) in [6.45, 7) is 3.94. The number of ether oxygens (including phenoxy) is 1. The quantitative estimate of drug-likeness (QED) is 0.428. The number of imidazole rings is 1. The summed E-state index contributed by atoms with van der Waals surface area (Å²) in [5, 5.41) is 0.702. The van der Waals surface area contributed by atoms with Crippen molar-refractivity contribution in [2.45, 2.75) is 19.9 Å². The van der Waals surface area contributed by atoms with Crippen LogP contribution in [-0.4, -0.2) is 33.6 Å². The first-order chi connectivity index (χ1) is 14.2. The standard InChI is InChI=1S/C22H22N4O2S/c1-2-28-18-9-10-19-20(15-18)29-22(24-19)26(13-6-12-25-14-11-23-16-25)21(27)17-7-4-3-5-8-17/h3-5,7-11,14-16H,2,6,12-13H2,1H3. The van der Waals surface area contributed by atoms with Crippen LogP contribution in [0.4, 0.5) is 5.13 Å². The lowest BCUT2D eigenvalue weighted by Crippen LogP contribution is -2.32. The van der Waals surface area contributed by atoms with E-state index in [1.54, 1.807) is 17.4 Å². The molecule has 7 heteroatoms. The molecule has 0 aliphatic heterocycles. The maximum absolute atomic E-state index is 13.2. The second-order valence-electron chi connectivity index (χ2n) is 6.54. The van der Waals surface area contributed by atoms with Crippen molar-refractivity contribution in [1.29, 1.82) is 0 Å². The van der Waals surface area contributed by atoms with E-state index < -0.39 is 0 Å². The number of nitrogens with zero attached hydrogens (tertiary/aromatic N) is 4. The monoisotopic (exact) mass is 406 g/mol. The number of rotatable bonds is 8. The lowest BCUT2D eigenvalue weighted by atomic mass is 10.2. The van der Waals surface area contributed by atoms with Crippen LogP contribution in [0.25, 0.3) is 10.2 Å². The van der Waals surface area contributed by atoms with E-state index in [9.17, 15) is 4.79 Å². The highest BCUT2D eigenvalue weighted by atomic mass is 32.1. The Bertz CT molecular complexity index is 1080. The Balaban J connectivity index is 1.61. The maximum atomic E-state index is 13.2. The summed E-state index contributed by atoms with van der Waals surface area (Å²) in [5.74, 6) is 0.775. The fourth-order valence-corrected chi connectivity index (χ4v) is 4.13. The Labute approximate surface area is 173 Å². The fraction of sp³-hybridized carbons (Fsp3) is 0.227. The number of aryl methyl sites for hydroxylation is 1. The number of amides is 1. The van der Waals surface area contributed by atoms with Crippen molar-refractivity contribution in [2.75, 3.05) is 18.1 Å². The summed E-state index contributed by atoms with van der Waals surface area (Å²) in [7, 11) is 0. The topological polar surface area (TPSA) is 60.2 Å². The lowest BCUT2D eigenvalue weighted by Gasteiger charge is -2.20. The Morgan fingerprint density at radius 1 is 1.21 bits per heavy atom. The molecule has 4 aromatic rings. The predicted molar refractivity (Wildman–Crippen MR) is 116 cm³/mol. The van der Waals surface area contributed by atoms with Crippen LogP contribution in [-0.2, 0) is 6.54 Å². The van der Waals surface area contributed by atoms with Gasteiger partial charge in [0.2, 0.25) is 0 Å². The predicted octanol–water partition coefficient (Wildman–Crippen LogP) is 4.63. The highest BCUT2D eigenvalue weighted by molar-refractivity contribution is 7.22. The largest absolute Gasteiger partial charge is 0.494 e. The van der Waals surface area contributed by atoms with Gasteiger partial charge in [0, 0.05) is 31.0 Å². The molecule has 6 nitrogen and oxygen atoms in total. The van der Waals surface area contributed by atoms with Gasteiger partial charge in [0.1, 0.15) is 5.75 Å². The molecule has 0 N–H and O–H groups in total. The van der Waals surface area contributed by atoms with Crippen molar-refractivity contribution in [3.05, 3.63) is 72.8 Å². The maximum Gasteiger partial charge on any atom is 0.260 e. The van der Waals surface area contributed by atoms with E-state index in [4.69, 9.17) is 9.72 Å². The first kappa shape index (κ1) is 19.1. The highest BCUT2D eigenvalue weighted by Gasteiger charge is 2.21. The van der Waals surface area contributed by atoms with Crippen molar-refractivity contribution in [2.24, 2.45) is 0 Å². The molecule has 0 radical (unpaired) electrons. The van der Waals surface area contributed by atoms with Crippen LogP contribution < -0.4 is 9.64 Å². The number of aromatic nitrogens is 3. The molecule has 0 unspecified atom stereocenters. The van der Waals surface area contributed by atoms with Gasteiger partial charge in [-0.25, -0.2) is 9.97 Å². The van der Waals surface area contributed by atoms with Gasteiger partial charge in [-0.15, -0.1) is 0 Å². The molecule has 0 atom stereocenters. The summed E-state index contributed by atoms with van der Waals surface area (Å²) < 4.78 is 8.61. The van der Waals surface area contributed by atoms with Gasteiger partial charge in [-0.05, 0) is 43.7 Å². The molecule has 2 aromatic heterocycles. The Morgan fingerprint density at radius 2 is 2.07 bits per heavy atom. The number of hydrogen-bond donors (Lipinski definition) is 0. The second-order valence-corrected chi connectivity index (χ2v) is 7.54. The van der Waals surface area contributed by atoms with Crippen molar-refractivity contribution < 1.29 is 9.53 Å². The number of carbonyl (C=O) groups is 1. The molecule has 0 fully saturated rings. The van der Waals surface area contributed by atoms with Crippen LogP contribution in [0.2, 0.25) is 0 Å². The average molecular weight is 407 g/mol. The number of anilines is 1. The molecule has 1 amide bonds. The van der Waals surface area contributed by atoms with Crippen molar-refractivity contribution in [1.82, 2.24) is 14.5 Å². The van der Waals surface area contributed by atoms with Crippen LogP contribution in [0.1, 0.15) is 23.7 Å². The van der Waals surface area contributed by atoms with Crippen LogP contribution in [0.15, 0.2) is 67.3 Å². The van der Waals surface area contributed by atoms with Crippen molar-refractivity contribution in [3.8, 4) is 5.75 Å². The summed E-state index contributed by atoms with van der Waals surface area (Å²) >= 11 is 1.51. The number of hydrogen-bond acceptors (Lipinski definition) is 5. The molecule has 0 aliphatic carbocycles. The van der Waals surface area contributed by atoms with Crippen LogP contribution in [0, 0.1) is 0 Å². The van der Waals surface area contributed by atoms with Gasteiger partial charge in [-0.3, -0.25) is 9.69 Å². The third kappa shape index (κ3) is 4.46. The molecule has 0 aliphatic rings. The number of carbonyl (C=O) groups excluding carboxylic acids is 1. The normalized spacial score (nSPS) is 10.9. The molecular weight excluding hydrogens is 384 g/mol. The average Bonchev–Trinajstić information content (AvgIpc) is 3.41. The molecule has 0 saturated heterocycles. The molecular formula is C22H22N4O2S. The summed E-state index contributed by atoms with van der Waals surface area (Å²) in [4.78, 5) is 23.8. The minimum Gasteiger partial charge on any atom is -0.494 e. The molecule has 2 aromatic carbocycles. The lowest BCUT2D eigenvalue weighted by molar-refractivity contribution is 0.0986. The Kier molecular flexibility index (Phi) is 5.86. The zero-order chi connectivity index (χ0) is 20.1. The zero-order valence-electron chi connectivity index (χ0n) is 16.2. The Morgan fingerprint density at radius 3 is 2.83 bits per heavy atom. The molecule has 0 bridgehead atoms. The van der Waals surface area contributed by atoms with Gasteiger partial charge in [-0.1, -0.05) is 29.5 Å². The second kappa shape index (κ2) is 8.87. The third-order valence-corrected chi connectivity index (χ3v) is 5.55. The van der Waals surface area contributed by atoms with Crippen LogP contribution >= 0.6 is 11.3 Å². The van der Waals surface area contributed by atoms with E-state index in [0.717, 1.165) is 28.9 Å². The number of fused-ring (bicyclic) bond motifs is 1. The molecule has 29 heavy (non-hydrogen) atoms. The van der Waals surface area contributed by atoms with Gasteiger partial charge in [0.05, 0.1) is 23.2 Å². The van der Waals surface area contributed by atoms with E-state index in [1.165, 1.54) is 11.3 Å². The van der Waals surface area contributed by atoms with Crippen molar-refractivity contribution >= 4 is 32.6 Å². The highest BCUT2D eigenvalue weighted by Crippen LogP contribution is 2.32. The summed E-state index contributed by atoms with van der Waals surface area (Å²) in [6, 6.07) is 15.2. The number of benzene rings is 2. The zero-order valence-corrected chi connectivity index (χ0v) is 17.0. The minimum absolute atomic E-state index is 0.0414. The van der Waals surface area contributed by atoms with Crippen LogP contribution in [0.3, 0.4) is 0 Å². The molecule has 148 valence electrons. The van der Waals surface area contributed by atoms with Gasteiger partial charge in [-0.2, -0.15) is 0 Å². The van der Waals surface area contributed by atoms with Gasteiger partial charge in [0.25, 0.3) is 5.91 Å². The smallest absolute Gasteiger partial charge is 0.260 e. The van der Waals surface area contributed by atoms with Gasteiger partial charge in [0.15, 0.2) is 5.13 Å². The minimum atomic E-state index is -0.0414. The molecule has 0 spiro atoms. The third-order valence-electron chi connectivity index (χ3n) is 4.51. The summed E-state index contributed by atoms with van der Waals surface area (Å²) in [5.41, 5.74) is 1.53. The SMILES string of the molecule is CCOc1ccc2nc(N(CCCn3ccnc3)C(=O)c3ccccc3)sc2c1. The molecule has 2 heterocycles. The van der Waals surface area contributed by atoms with E-state index in [2.05, 4.69) is 4.98 Å². The van der Waals surface area contributed by atoms with Crippen LogP contribution in [0.5, 0.6) is 5.75 Å². The van der Waals surface area contributed by atoms with E-state index in [1.807, 2.05) is 66.2 Å². The van der Waals surface area contributed by atoms with Gasteiger partial charge < -0.3 is 9.30 Å². The summed E-state index contributed by atoms with van der Waals surface area (Å²) in [6.07, 6.45) is 6.28. The first-order valence-corrected chi connectivity index (χ1v) is 10.4. The molecule has 0 saturated carbocycles. The van der Waals surface area contributed by atoms with Gasteiger partial charge >= 0.3 is 0 Å². The molecule has 4 rings (SSSR count). The Hall–Kier alpha value is -3.19. The first-order valence-electron chi connectivity index (χ1n) is 9.60.